The fourth-order valence-electron chi connectivity index (χ4n) is 5.26. The third-order valence-electron chi connectivity index (χ3n) is 7.59. The first-order valence-corrected chi connectivity index (χ1v) is 18.4. The maximum atomic E-state index is 6.08. The zero-order valence-corrected chi connectivity index (χ0v) is 30.9. The Bertz CT molecular complexity index is 1370. The standard InChI is InChI=1S/C19H20Cl4.C17H16Cl4.2CH4/c1-12-16(3-14(8-20)5-18(12)10-22)7-17-4-15(9-21)6-19(11-23)13(17)2;18-8-14-2-12(3-15(6-14)9-19)1-13-4-16(10-20)7-17(5-13)11-21;;/h3-6H,7-11H2,1-2H3;2-7H,1,8-11H2;2*1H4. The first-order chi connectivity index (χ1) is 21.2. The third kappa shape index (κ3) is 12.3. The summed E-state index contributed by atoms with van der Waals surface area (Å²) in [6.07, 6.45) is 1.66. The molecule has 46 heavy (non-hydrogen) atoms. The summed E-state index contributed by atoms with van der Waals surface area (Å²) in [5.41, 5.74) is 16.3. The molecule has 0 nitrogen and oxygen atoms in total. The molecule has 0 bridgehead atoms. The molecule has 0 N–H and O–H groups in total. The van der Waals surface area contributed by atoms with Gasteiger partial charge in [0.1, 0.15) is 0 Å². The van der Waals surface area contributed by atoms with E-state index in [9.17, 15) is 0 Å². The van der Waals surface area contributed by atoms with Crippen LogP contribution in [0.5, 0.6) is 0 Å². The van der Waals surface area contributed by atoms with E-state index in [1.165, 1.54) is 33.4 Å². The Balaban J connectivity index is 0.000000442. The van der Waals surface area contributed by atoms with Crippen molar-refractivity contribution in [2.45, 2.75) is 88.6 Å². The molecule has 0 fully saturated rings. The van der Waals surface area contributed by atoms with Gasteiger partial charge in [0.15, 0.2) is 0 Å². The van der Waals surface area contributed by atoms with E-state index in [4.69, 9.17) is 92.8 Å². The zero-order valence-electron chi connectivity index (χ0n) is 24.9. The van der Waals surface area contributed by atoms with E-state index in [0.29, 0.717) is 47.0 Å². The predicted molar refractivity (Wildman–Crippen MR) is 211 cm³/mol. The molecule has 0 aliphatic rings. The lowest BCUT2D eigenvalue weighted by Crippen LogP contribution is -2.02. The van der Waals surface area contributed by atoms with Crippen molar-refractivity contribution in [3.8, 4) is 0 Å². The van der Waals surface area contributed by atoms with E-state index in [0.717, 1.165) is 57.3 Å². The molecule has 0 aliphatic carbocycles. The van der Waals surface area contributed by atoms with Crippen LogP contribution in [0, 0.1) is 13.8 Å². The molecule has 0 spiro atoms. The van der Waals surface area contributed by atoms with Crippen molar-refractivity contribution in [3.05, 3.63) is 139 Å². The summed E-state index contributed by atoms with van der Waals surface area (Å²) < 4.78 is 0. The Labute approximate surface area is 317 Å². The number of alkyl halides is 8. The van der Waals surface area contributed by atoms with Gasteiger partial charge in [-0.05, 0) is 105 Å². The van der Waals surface area contributed by atoms with Gasteiger partial charge in [0.05, 0.1) is 0 Å². The minimum atomic E-state index is 0. The lowest BCUT2D eigenvalue weighted by atomic mass is 9.91. The quantitative estimate of drug-likeness (QED) is 0.126. The minimum absolute atomic E-state index is 0. The molecule has 4 aromatic rings. The maximum Gasteiger partial charge on any atom is 0.0476 e. The molecule has 0 aliphatic heterocycles. The molecule has 0 atom stereocenters. The summed E-state index contributed by atoms with van der Waals surface area (Å²) in [7, 11) is 0. The topological polar surface area (TPSA) is 0 Å². The van der Waals surface area contributed by atoms with Gasteiger partial charge in [-0.25, -0.2) is 0 Å². The van der Waals surface area contributed by atoms with Crippen LogP contribution < -0.4 is 0 Å². The molecule has 0 radical (unpaired) electrons. The number of rotatable bonds is 12. The van der Waals surface area contributed by atoms with E-state index >= 15 is 0 Å². The van der Waals surface area contributed by atoms with Crippen LogP contribution in [0.4, 0.5) is 0 Å². The van der Waals surface area contributed by atoms with Gasteiger partial charge in [-0.2, -0.15) is 0 Å². The fraction of sp³-hybridized carbons (Fsp3) is 0.368. The minimum Gasteiger partial charge on any atom is -0.122 e. The Hall–Kier alpha value is -0.800. The Morgan fingerprint density at radius 2 is 0.543 bits per heavy atom. The van der Waals surface area contributed by atoms with Gasteiger partial charge >= 0.3 is 0 Å². The number of halogens is 8. The predicted octanol–water partition coefficient (Wildman–Crippen LogP) is 14.4. The van der Waals surface area contributed by atoms with Gasteiger partial charge < -0.3 is 0 Å². The average Bonchev–Trinajstić information content (AvgIpc) is 3.06. The number of hydrogen-bond acceptors (Lipinski definition) is 0. The number of benzene rings is 4. The molecule has 8 heteroatoms. The van der Waals surface area contributed by atoms with E-state index in [-0.39, 0.29) is 14.9 Å². The molecule has 4 rings (SSSR count). The number of hydrogen-bond donors (Lipinski definition) is 0. The monoisotopic (exact) mass is 780 g/mol. The average molecular weight is 784 g/mol. The van der Waals surface area contributed by atoms with Crippen molar-refractivity contribution < 1.29 is 0 Å². The van der Waals surface area contributed by atoms with Gasteiger partial charge in [-0.3, -0.25) is 0 Å². The Kier molecular flexibility index (Phi) is 20.7. The summed E-state index contributed by atoms with van der Waals surface area (Å²) in [6, 6.07) is 21.1. The van der Waals surface area contributed by atoms with Crippen LogP contribution in [0.15, 0.2) is 60.7 Å². The van der Waals surface area contributed by atoms with Crippen LogP contribution in [0.3, 0.4) is 0 Å². The highest BCUT2D eigenvalue weighted by Crippen LogP contribution is 2.27. The molecule has 0 aromatic heterocycles. The van der Waals surface area contributed by atoms with Crippen molar-refractivity contribution in [3.63, 3.8) is 0 Å². The molecule has 0 unspecified atom stereocenters. The first-order valence-electron chi connectivity index (χ1n) is 14.2. The van der Waals surface area contributed by atoms with Crippen LogP contribution in [-0.4, -0.2) is 0 Å². The van der Waals surface area contributed by atoms with Crippen LogP contribution in [-0.2, 0) is 59.9 Å². The summed E-state index contributed by atoms with van der Waals surface area (Å²) >= 11 is 48.0. The van der Waals surface area contributed by atoms with Crippen LogP contribution >= 0.6 is 92.8 Å². The van der Waals surface area contributed by atoms with Crippen molar-refractivity contribution in [1.82, 2.24) is 0 Å². The lowest BCUT2D eigenvalue weighted by Gasteiger charge is -2.16. The molecule has 0 amide bonds. The molecular weight excluding hydrogens is 740 g/mol. The molecular formula is C38H44Cl8. The van der Waals surface area contributed by atoms with Gasteiger partial charge in [0.25, 0.3) is 0 Å². The normalized spacial score (nSPS) is 10.5. The lowest BCUT2D eigenvalue weighted by molar-refractivity contribution is 1.07. The highest BCUT2D eigenvalue weighted by atomic mass is 35.5. The highest BCUT2D eigenvalue weighted by molar-refractivity contribution is 6.19. The van der Waals surface area contributed by atoms with E-state index in [2.05, 4.69) is 62.4 Å². The molecule has 4 aromatic carbocycles. The van der Waals surface area contributed by atoms with Crippen molar-refractivity contribution in [1.29, 1.82) is 0 Å². The van der Waals surface area contributed by atoms with Gasteiger partial charge in [-0.15, -0.1) is 92.8 Å². The van der Waals surface area contributed by atoms with Gasteiger partial charge in [0, 0.05) is 47.0 Å². The second kappa shape index (κ2) is 22.0. The third-order valence-corrected chi connectivity index (χ3v) is 10.0. The molecule has 0 heterocycles. The largest absolute Gasteiger partial charge is 0.122 e. The molecule has 252 valence electrons. The summed E-state index contributed by atoms with van der Waals surface area (Å²) in [4.78, 5) is 0. The van der Waals surface area contributed by atoms with Gasteiger partial charge in [0.2, 0.25) is 0 Å². The maximum absolute atomic E-state index is 6.08. The molecule has 0 saturated carbocycles. The Morgan fingerprint density at radius 3 is 0.804 bits per heavy atom. The van der Waals surface area contributed by atoms with E-state index in [1.54, 1.807) is 0 Å². The highest BCUT2D eigenvalue weighted by Gasteiger charge is 2.12. The smallest absolute Gasteiger partial charge is 0.0476 e. The van der Waals surface area contributed by atoms with E-state index in [1.807, 2.05) is 12.1 Å². The summed E-state index contributed by atoms with van der Waals surface area (Å²) in [6.45, 7) is 4.24. The van der Waals surface area contributed by atoms with Crippen molar-refractivity contribution >= 4 is 92.8 Å². The van der Waals surface area contributed by atoms with Crippen LogP contribution in [0.2, 0.25) is 0 Å². The van der Waals surface area contributed by atoms with Crippen molar-refractivity contribution in [2.75, 3.05) is 0 Å². The van der Waals surface area contributed by atoms with Gasteiger partial charge in [-0.1, -0.05) is 75.5 Å². The Morgan fingerprint density at radius 1 is 0.304 bits per heavy atom. The van der Waals surface area contributed by atoms with Crippen LogP contribution in [0.1, 0.15) is 92.7 Å². The SMILES string of the molecule is C.C.Cc1c(CCl)cc(CCl)cc1Cc1cc(CCl)cc(CCl)c1C.ClCc1cc(CCl)cc(Cc2cc(CCl)cc(CCl)c2)c1. The fourth-order valence-corrected chi connectivity index (χ4v) is 6.74. The van der Waals surface area contributed by atoms with Crippen molar-refractivity contribution in [2.24, 2.45) is 0 Å². The van der Waals surface area contributed by atoms with E-state index < -0.39 is 0 Å². The van der Waals surface area contributed by atoms with Crippen LogP contribution in [0.25, 0.3) is 0 Å². The zero-order chi connectivity index (χ0) is 32.2. The second-order valence-electron chi connectivity index (χ2n) is 10.8. The summed E-state index contributed by atoms with van der Waals surface area (Å²) in [5.74, 6) is 3.95. The molecule has 0 saturated heterocycles. The first kappa shape index (κ1) is 43.2. The second-order valence-corrected chi connectivity index (χ2v) is 13.0. The summed E-state index contributed by atoms with van der Waals surface area (Å²) in [5, 5.41) is 0.